The van der Waals surface area contributed by atoms with Crippen molar-refractivity contribution >= 4 is 21.9 Å². The lowest BCUT2D eigenvalue weighted by Crippen LogP contribution is -2.21. The second-order valence-electron chi connectivity index (χ2n) is 2.48. The number of rotatable bonds is 2. The topological polar surface area (TPSA) is 63.3 Å². The Labute approximate surface area is 82.5 Å². The fraction of sp³-hybridized carbons (Fsp3) is 0.125. The third-order valence-electron chi connectivity index (χ3n) is 1.56. The van der Waals surface area contributed by atoms with Gasteiger partial charge in [-0.05, 0) is 17.7 Å². The summed E-state index contributed by atoms with van der Waals surface area (Å²) in [5.41, 5.74) is 5.69. The van der Waals surface area contributed by atoms with E-state index < -0.39 is 17.8 Å². The first-order chi connectivity index (χ1) is 6.02. The summed E-state index contributed by atoms with van der Waals surface area (Å²) in [6.07, 6.45) is 0. The number of halogens is 2. The van der Waals surface area contributed by atoms with E-state index in [1.165, 1.54) is 18.2 Å². The van der Waals surface area contributed by atoms with Crippen molar-refractivity contribution in [2.24, 2.45) is 5.73 Å². The first-order valence-electron chi connectivity index (χ1n) is 3.45. The van der Waals surface area contributed by atoms with Crippen LogP contribution in [-0.2, 0) is 4.79 Å². The van der Waals surface area contributed by atoms with Crippen LogP contribution in [0.4, 0.5) is 4.39 Å². The fourth-order valence-electron chi connectivity index (χ4n) is 0.887. The van der Waals surface area contributed by atoms with Gasteiger partial charge in [0, 0.05) is 4.47 Å². The van der Waals surface area contributed by atoms with Gasteiger partial charge in [-0.25, -0.2) is 4.39 Å². The molecule has 1 atom stereocenters. The minimum atomic E-state index is -1.15. The van der Waals surface area contributed by atoms with E-state index in [0.717, 1.165) is 0 Å². The number of carboxylic acids is 1. The first kappa shape index (κ1) is 10.1. The van der Waals surface area contributed by atoms with Gasteiger partial charge >= 0.3 is 5.97 Å². The van der Waals surface area contributed by atoms with Gasteiger partial charge in [-0.1, -0.05) is 22.0 Å². The highest BCUT2D eigenvalue weighted by Gasteiger charge is 2.16. The number of nitrogens with two attached hydrogens (primary N) is 1. The fourth-order valence-corrected chi connectivity index (χ4v) is 1.48. The summed E-state index contributed by atoms with van der Waals surface area (Å²) in [6.45, 7) is 0. The van der Waals surface area contributed by atoms with Crippen LogP contribution in [-0.4, -0.2) is 11.1 Å². The lowest BCUT2D eigenvalue weighted by Gasteiger charge is -2.08. The number of hydrogen-bond acceptors (Lipinski definition) is 2. The van der Waals surface area contributed by atoms with Crippen LogP contribution in [0, 0.1) is 5.82 Å². The molecule has 0 saturated carbocycles. The molecule has 1 aromatic rings. The summed E-state index contributed by atoms with van der Waals surface area (Å²) >= 11 is 3.03. The molecule has 0 saturated heterocycles. The summed E-state index contributed by atoms with van der Waals surface area (Å²) in [7, 11) is 0. The van der Waals surface area contributed by atoms with Crippen LogP contribution in [0.1, 0.15) is 11.6 Å². The molecule has 70 valence electrons. The van der Waals surface area contributed by atoms with Crippen LogP contribution in [0.5, 0.6) is 0 Å². The summed E-state index contributed by atoms with van der Waals surface area (Å²) in [5, 5.41) is 8.59. The maximum absolute atomic E-state index is 12.6. The molecule has 0 aliphatic heterocycles. The number of aliphatic carboxylic acids is 1. The normalized spacial score (nSPS) is 12.5. The molecule has 0 aromatic heterocycles. The minimum absolute atomic E-state index is 0.355. The predicted octanol–water partition coefficient (Wildman–Crippen LogP) is 1.67. The van der Waals surface area contributed by atoms with Gasteiger partial charge in [0.05, 0.1) is 0 Å². The van der Waals surface area contributed by atoms with Crippen LogP contribution in [0.2, 0.25) is 0 Å². The van der Waals surface area contributed by atoms with Crippen molar-refractivity contribution in [3.8, 4) is 0 Å². The monoisotopic (exact) mass is 247 g/mol. The number of hydrogen-bond donors (Lipinski definition) is 2. The average Bonchev–Trinajstić information content (AvgIpc) is 2.03. The highest BCUT2D eigenvalue weighted by molar-refractivity contribution is 9.10. The molecule has 0 radical (unpaired) electrons. The molecule has 1 rings (SSSR count). The summed E-state index contributed by atoms with van der Waals surface area (Å²) in [5.74, 6) is -1.58. The molecule has 0 unspecified atom stereocenters. The van der Waals surface area contributed by atoms with E-state index in [9.17, 15) is 9.18 Å². The number of carbonyl (C=O) groups is 1. The highest BCUT2D eigenvalue weighted by Crippen LogP contribution is 2.22. The summed E-state index contributed by atoms with van der Waals surface area (Å²) in [6, 6.07) is 2.56. The highest BCUT2D eigenvalue weighted by atomic mass is 79.9. The van der Waals surface area contributed by atoms with Crippen molar-refractivity contribution in [3.63, 3.8) is 0 Å². The lowest BCUT2D eigenvalue weighted by molar-refractivity contribution is -0.138. The molecule has 5 heteroatoms. The second kappa shape index (κ2) is 3.85. The molecule has 0 spiro atoms. The zero-order chi connectivity index (χ0) is 10.0. The van der Waals surface area contributed by atoms with E-state index in [0.29, 0.717) is 10.0 Å². The largest absolute Gasteiger partial charge is 0.480 e. The second-order valence-corrected chi connectivity index (χ2v) is 3.34. The molecule has 3 nitrogen and oxygen atoms in total. The van der Waals surface area contributed by atoms with Crippen molar-refractivity contribution in [2.45, 2.75) is 6.04 Å². The molecule has 0 bridgehead atoms. The lowest BCUT2D eigenvalue weighted by atomic mass is 10.1. The smallest absolute Gasteiger partial charge is 0.325 e. The maximum Gasteiger partial charge on any atom is 0.325 e. The van der Waals surface area contributed by atoms with E-state index >= 15 is 0 Å². The van der Waals surface area contributed by atoms with E-state index in [-0.39, 0.29) is 0 Å². The molecular formula is C8H7BrFNO2. The number of benzene rings is 1. The Morgan fingerprint density at radius 3 is 2.69 bits per heavy atom. The van der Waals surface area contributed by atoms with Crippen molar-refractivity contribution in [2.75, 3.05) is 0 Å². The molecule has 0 fully saturated rings. The molecule has 13 heavy (non-hydrogen) atoms. The zero-order valence-corrected chi connectivity index (χ0v) is 8.08. The first-order valence-corrected chi connectivity index (χ1v) is 4.25. The quantitative estimate of drug-likeness (QED) is 0.836. The average molecular weight is 248 g/mol. The van der Waals surface area contributed by atoms with Gasteiger partial charge in [0.15, 0.2) is 0 Å². The third kappa shape index (κ3) is 2.26. The molecular weight excluding hydrogens is 241 g/mol. The van der Waals surface area contributed by atoms with Gasteiger partial charge in [0.2, 0.25) is 0 Å². The molecule has 1 aromatic carbocycles. The van der Waals surface area contributed by atoms with Crippen LogP contribution < -0.4 is 5.73 Å². The molecule has 0 heterocycles. The standard InChI is InChI=1S/C8H7BrFNO2/c9-6-3-4(10)1-2-5(6)7(11)8(12)13/h1-3,7H,11H2,(H,12,13)/t7-/m1/s1. The zero-order valence-electron chi connectivity index (χ0n) is 6.50. The van der Waals surface area contributed by atoms with Gasteiger partial charge in [-0.2, -0.15) is 0 Å². The Morgan fingerprint density at radius 2 is 2.23 bits per heavy atom. The SMILES string of the molecule is N[C@@H](C(=O)O)c1ccc(F)cc1Br. The van der Waals surface area contributed by atoms with Gasteiger partial charge < -0.3 is 10.8 Å². The van der Waals surface area contributed by atoms with Crippen molar-refractivity contribution in [1.29, 1.82) is 0 Å². The summed E-state index contributed by atoms with van der Waals surface area (Å²) < 4.78 is 13.0. The van der Waals surface area contributed by atoms with Gasteiger partial charge in [-0.3, -0.25) is 4.79 Å². The van der Waals surface area contributed by atoms with Gasteiger partial charge in [-0.15, -0.1) is 0 Å². The van der Waals surface area contributed by atoms with Crippen molar-refractivity contribution in [3.05, 3.63) is 34.1 Å². The van der Waals surface area contributed by atoms with E-state index in [2.05, 4.69) is 15.9 Å². The Bertz CT molecular complexity index is 343. The van der Waals surface area contributed by atoms with Crippen LogP contribution in [0.15, 0.2) is 22.7 Å². The Balaban J connectivity index is 3.08. The van der Waals surface area contributed by atoms with Crippen molar-refractivity contribution < 1.29 is 14.3 Å². The summed E-state index contributed by atoms with van der Waals surface area (Å²) in [4.78, 5) is 10.5. The third-order valence-corrected chi connectivity index (χ3v) is 2.25. The van der Waals surface area contributed by atoms with Crippen LogP contribution in [0.25, 0.3) is 0 Å². The van der Waals surface area contributed by atoms with Crippen LogP contribution >= 0.6 is 15.9 Å². The molecule has 3 N–H and O–H groups in total. The Morgan fingerprint density at radius 1 is 1.62 bits per heavy atom. The number of carboxylic acid groups (broad SMARTS) is 1. The van der Waals surface area contributed by atoms with Crippen LogP contribution in [0.3, 0.4) is 0 Å². The van der Waals surface area contributed by atoms with E-state index in [1.54, 1.807) is 0 Å². The van der Waals surface area contributed by atoms with E-state index in [1.807, 2.05) is 0 Å². The molecule has 0 aliphatic carbocycles. The molecule has 0 amide bonds. The maximum atomic E-state index is 12.6. The van der Waals surface area contributed by atoms with Gasteiger partial charge in [0.25, 0.3) is 0 Å². The van der Waals surface area contributed by atoms with Gasteiger partial charge in [0.1, 0.15) is 11.9 Å². The Kier molecular flexibility index (Phi) is 3.00. The van der Waals surface area contributed by atoms with E-state index in [4.69, 9.17) is 10.8 Å². The van der Waals surface area contributed by atoms with Crippen molar-refractivity contribution in [1.82, 2.24) is 0 Å². The predicted molar refractivity (Wildman–Crippen MR) is 48.7 cm³/mol. The molecule has 0 aliphatic rings. The minimum Gasteiger partial charge on any atom is -0.480 e. The Hall–Kier alpha value is -0.940.